The average molecular weight is 255 g/mol. The van der Waals surface area contributed by atoms with Crippen LogP contribution in [0.15, 0.2) is 0 Å². The number of hydrogen-bond acceptors (Lipinski definition) is 3. The molecule has 1 saturated carbocycles. The number of ether oxygens (including phenoxy) is 1. The van der Waals surface area contributed by atoms with Crippen LogP contribution in [0.25, 0.3) is 0 Å². The lowest BCUT2D eigenvalue weighted by molar-refractivity contribution is -0.0703. The normalized spacial score (nSPS) is 37.7. The van der Waals surface area contributed by atoms with Crippen LogP contribution in [-0.2, 0) is 4.74 Å². The first kappa shape index (κ1) is 14.3. The van der Waals surface area contributed by atoms with E-state index in [1.165, 1.54) is 19.3 Å². The molecule has 3 atom stereocenters. The molecule has 0 aromatic carbocycles. The van der Waals surface area contributed by atoms with Crippen molar-refractivity contribution in [1.82, 2.24) is 4.90 Å². The Labute approximate surface area is 112 Å². The van der Waals surface area contributed by atoms with Gasteiger partial charge in [0.25, 0.3) is 0 Å². The van der Waals surface area contributed by atoms with Gasteiger partial charge in [-0.05, 0) is 43.6 Å². The minimum absolute atomic E-state index is 0.0805. The van der Waals surface area contributed by atoms with Gasteiger partial charge in [-0.1, -0.05) is 20.3 Å². The summed E-state index contributed by atoms with van der Waals surface area (Å²) in [6.07, 6.45) is 5.91. The van der Waals surface area contributed by atoms with Crippen LogP contribution in [0.2, 0.25) is 0 Å². The van der Waals surface area contributed by atoms with Gasteiger partial charge in [-0.2, -0.15) is 0 Å². The summed E-state index contributed by atoms with van der Waals surface area (Å²) in [4.78, 5) is 2.53. The minimum Gasteiger partial charge on any atom is -0.391 e. The molecule has 1 aliphatic carbocycles. The molecule has 18 heavy (non-hydrogen) atoms. The molecule has 1 N–H and O–H groups in total. The van der Waals surface area contributed by atoms with Gasteiger partial charge in [0.05, 0.1) is 12.7 Å². The van der Waals surface area contributed by atoms with Crippen molar-refractivity contribution in [2.75, 3.05) is 26.8 Å². The van der Waals surface area contributed by atoms with E-state index < -0.39 is 0 Å². The monoisotopic (exact) mass is 255 g/mol. The molecule has 0 radical (unpaired) electrons. The largest absolute Gasteiger partial charge is 0.391 e. The molecule has 1 heterocycles. The molecule has 3 unspecified atom stereocenters. The van der Waals surface area contributed by atoms with Crippen molar-refractivity contribution in [2.45, 2.75) is 58.1 Å². The van der Waals surface area contributed by atoms with Gasteiger partial charge in [0.15, 0.2) is 0 Å². The van der Waals surface area contributed by atoms with E-state index in [2.05, 4.69) is 18.7 Å². The van der Waals surface area contributed by atoms with Gasteiger partial charge in [0.1, 0.15) is 0 Å². The lowest BCUT2D eigenvalue weighted by Crippen LogP contribution is -2.55. The fourth-order valence-corrected chi connectivity index (χ4v) is 3.75. The Hall–Kier alpha value is -0.120. The molecule has 2 fully saturated rings. The Morgan fingerprint density at radius 2 is 2.06 bits per heavy atom. The molecule has 2 aliphatic rings. The van der Waals surface area contributed by atoms with Crippen LogP contribution >= 0.6 is 0 Å². The Balaban J connectivity index is 1.97. The quantitative estimate of drug-likeness (QED) is 0.840. The third-order valence-corrected chi connectivity index (χ3v) is 4.91. The zero-order valence-electron chi connectivity index (χ0n) is 12.2. The molecular weight excluding hydrogens is 226 g/mol. The van der Waals surface area contributed by atoms with Gasteiger partial charge >= 0.3 is 0 Å². The lowest BCUT2D eigenvalue weighted by Gasteiger charge is -2.47. The van der Waals surface area contributed by atoms with Crippen molar-refractivity contribution in [3.63, 3.8) is 0 Å². The maximum atomic E-state index is 10.6. The van der Waals surface area contributed by atoms with E-state index in [4.69, 9.17) is 4.74 Å². The fourth-order valence-electron chi connectivity index (χ4n) is 3.75. The SMILES string of the molecule is COCC1CCCN(C2CCCC(C)(C)C2O)C1. The minimum atomic E-state index is -0.174. The molecule has 1 saturated heterocycles. The van der Waals surface area contributed by atoms with E-state index in [-0.39, 0.29) is 11.5 Å². The van der Waals surface area contributed by atoms with Crippen LogP contribution in [0.1, 0.15) is 46.0 Å². The molecule has 2 rings (SSSR count). The van der Waals surface area contributed by atoms with E-state index in [1.54, 1.807) is 7.11 Å². The standard InChI is InChI=1S/C15H29NO2/c1-15(2)8-4-7-13(14(15)17)16-9-5-6-12(10-16)11-18-3/h12-14,17H,4-11H2,1-3H3. The number of hydrogen-bond donors (Lipinski definition) is 1. The second-order valence-corrected chi connectivity index (χ2v) is 6.85. The summed E-state index contributed by atoms with van der Waals surface area (Å²) in [5, 5.41) is 10.6. The van der Waals surface area contributed by atoms with E-state index in [9.17, 15) is 5.11 Å². The van der Waals surface area contributed by atoms with Crippen LogP contribution in [0.4, 0.5) is 0 Å². The summed E-state index contributed by atoms with van der Waals surface area (Å²) < 4.78 is 5.30. The maximum Gasteiger partial charge on any atom is 0.0746 e. The smallest absolute Gasteiger partial charge is 0.0746 e. The van der Waals surface area contributed by atoms with E-state index >= 15 is 0 Å². The number of piperidine rings is 1. The summed E-state index contributed by atoms with van der Waals surface area (Å²) in [5.74, 6) is 0.654. The van der Waals surface area contributed by atoms with E-state index in [1.807, 2.05) is 0 Å². The molecule has 0 amide bonds. The predicted octanol–water partition coefficient (Wildman–Crippen LogP) is 2.28. The number of methoxy groups -OCH3 is 1. The first-order chi connectivity index (χ1) is 8.54. The van der Waals surface area contributed by atoms with Gasteiger partial charge in [0, 0.05) is 19.7 Å². The molecule has 3 nitrogen and oxygen atoms in total. The van der Waals surface area contributed by atoms with Crippen molar-refractivity contribution in [2.24, 2.45) is 11.3 Å². The van der Waals surface area contributed by atoms with Crippen molar-refractivity contribution >= 4 is 0 Å². The Morgan fingerprint density at radius 3 is 2.78 bits per heavy atom. The number of nitrogens with zero attached hydrogens (tertiary/aromatic N) is 1. The number of likely N-dealkylation sites (tertiary alicyclic amines) is 1. The van der Waals surface area contributed by atoms with Crippen molar-refractivity contribution < 1.29 is 9.84 Å². The summed E-state index contributed by atoms with van der Waals surface area (Å²) in [5.41, 5.74) is 0.0805. The zero-order chi connectivity index (χ0) is 13.2. The average Bonchev–Trinajstić information content (AvgIpc) is 2.33. The molecule has 0 aromatic heterocycles. The Kier molecular flexibility index (Phi) is 4.68. The van der Waals surface area contributed by atoms with Crippen LogP contribution < -0.4 is 0 Å². The molecule has 1 aliphatic heterocycles. The van der Waals surface area contributed by atoms with Gasteiger partial charge in [0.2, 0.25) is 0 Å². The van der Waals surface area contributed by atoms with Crippen LogP contribution in [-0.4, -0.2) is 49.0 Å². The van der Waals surface area contributed by atoms with Gasteiger partial charge in [-0.25, -0.2) is 0 Å². The lowest BCUT2D eigenvalue weighted by atomic mass is 9.71. The van der Waals surface area contributed by atoms with Gasteiger partial charge in [-0.15, -0.1) is 0 Å². The Bertz CT molecular complexity index is 265. The molecule has 0 bridgehead atoms. The highest BCUT2D eigenvalue weighted by Gasteiger charge is 2.41. The summed E-state index contributed by atoms with van der Waals surface area (Å²) in [6.45, 7) is 7.53. The summed E-state index contributed by atoms with van der Waals surface area (Å²) in [7, 11) is 1.79. The molecule has 0 aromatic rings. The highest BCUT2D eigenvalue weighted by atomic mass is 16.5. The van der Waals surface area contributed by atoms with Crippen LogP contribution in [0.3, 0.4) is 0 Å². The maximum absolute atomic E-state index is 10.6. The topological polar surface area (TPSA) is 32.7 Å². The summed E-state index contributed by atoms with van der Waals surface area (Å²) >= 11 is 0. The van der Waals surface area contributed by atoms with Gasteiger partial charge < -0.3 is 9.84 Å². The van der Waals surface area contributed by atoms with E-state index in [0.717, 1.165) is 32.5 Å². The third kappa shape index (κ3) is 3.06. The highest BCUT2D eigenvalue weighted by Crippen LogP contribution is 2.38. The van der Waals surface area contributed by atoms with Crippen molar-refractivity contribution in [3.8, 4) is 0 Å². The molecule has 0 spiro atoms. The van der Waals surface area contributed by atoms with Crippen molar-refractivity contribution in [1.29, 1.82) is 0 Å². The van der Waals surface area contributed by atoms with Crippen LogP contribution in [0, 0.1) is 11.3 Å². The number of aliphatic hydroxyl groups is 1. The van der Waals surface area contributed by atoms with E-state index in [0.29, 0.717) is 12.0 Å². The second kappa shape index (κ2) is 5.89. The molecule has 3 heteroatoms. The molecule has 106 valence electrons. The van der Waals surface area contributed by atoms with Gasteiger partial charge in [-0.3, -0.25) is 4.90 Å². The first-order valence-electron chi connectivity index (χ1n) is 7.45. The number of rotatable bonds is 3. The fraction of sp³-hybridized carbons (Fsp3) is 1.00. The second-order valence-electron chi connectivity index (χ2n) is 6.85. The van der Waals surface area contributed by atoms with Crippen LogP contribution in [0.5, 0.6) is 0 Å². The highest BCUT2D eigenvalue weighted by molar-refractivity contribution is 4.94. The summed E-state index contributed by atoms with van der Waals surface area (Å²) in [6, 6.07) is 0.369. The number of aliphatic hydroxyl groups excluding tert-OH is 1. The molecular formula is C15H29NO2. The third-order valence-electron chi connectivity index (χ3n) is 4.91. The van der Waals surface area contributed by atoms with Crippen molar-refractivity contribution in [3.05, 3.63) is 0 Å². The predicted molar refractivity (Wildman–Crippen MR) is 73.6 cm³/mol. The first-order valence-corrected chi connectivity index (χ1v) is 7.45. The zero-order valence-corrected chi connectivity index (χ0v) is 12.2. The Morgan fingerprint density at radius 1 is 1.28 bits per heavy atom.